The summed E-state index contributed by atoms with van der Waals surface area (Å²) in [6, 6.07) is 16.9. The van der Waals surface area contributed by atoms with Crippen molar-refractivity contribution in [3.63, 3.8) is 0 Å². The molecule has 0 atom stereocenters. The van der Waals surface area contributed by atoms with E-state index in [4.69, 9.17) is 12.2 Å². The highest BCUT2D eigenvalue weighted by Crippen LogP contribution is 2.35. The van der Waals surface area contributed by atoms with Crippen molar-refractivity contribution < 1.29 is 9.59 Å². The minimum Gasteiger partial charge on any atom is -0.326 e. The van der Waals surface area contributed by atoms with Crippen molar-refractivity contribution >= 4 is 57.6 Å². The molecule has 0 unspecified atom stereocenters. The molecule has 0 saturated carbocycles. The number of carbonyl (C=O) groups excluding carboxylic acids is 2. The van der Waals surface area contributed by atoms with Crippen molar-refractivity contribution in [1.29, 1.82) is 0 Å². The molecular weight excluding hydrogens is 364 g/mol. The van der Waals surface area contributed by atoms with Gasteiger partial charge in [0, 0.05) is 12.6 Å². The standard InChI is InChI=1S/C20H16N2O2S2/c1-14(23)21-16-10-12-17(13-11-16)22-19(24)18(26-20(22)25)9-5-8-15-6-3-2-4-7-15/h2-13H,1H3,(H,21,23)/b8-5+,18-9-. The lowest BCUT2D eigenvalue weighted by Gasteiger charge is -2.15. The fourth-order valence-corrected chi connectivity index (χ4v) is 3.66. The topological polar surface area (TPSA) is 49.4 Å². The highest BCUT2D eigenvalue weighted by Gasteiger charge is 2.32. The lowest BCUT2D eigenvalue weighted by molar-refractivity contribution is -0.114. The molecule has 1 aliphatic heterocycles. The molecule has 130 valence electrons. The predicted octanol–water partition coefficient (Wildman–Crippen LogP) is 4.61. The molecule has 0 bridgehead atoms. The maximum absolute atomic E-state index is 12.7. The quantitative estimate of drug-likeness (QED) is 0.622. The summed E-state index contributed by atoms with van der Waals surface area (Å²) in [7, 11) is 0. The molecule has 26 heavy (non-hydrogen) atoms. The normalized spacial score (nSPS) is 15.9. The van der Waals surface area contributed by atoms with E-state index in [0.717, 1.165) is 5.56 Å². The van der Waals surface area contributed by atoms with Crippen LogP contribution in [0.15, 0.2) is 71.7 Å². The van der Waals surface area contributed by atoms with Crippen LogP contribution in [-0.2, 0) is 9.59 Å². The number of thiocarbonyl (C=S) groups is 1. The molecule has 0 aliphatic carbocycles. The second-order valence-electron chi connectivity index (χ2n) is 5.54. The van der Waals surface area contributed by atoms with Crippen molar-refractivity contribution in [2.24, 2.45) is 0 Å². The zero-order chi connectivity index (χ0) is 18.5. The van der Waals surface area contributed by atoms with Crippen molar-refractivity contribution in [2.75, 3.05) is 10.2 Å². The summed E-state index contributed by atoms with van der Waals surface area (Å²) in [6.07, 6.45) is 5.56. The van der Waals surface area contributed by atoms with E-state index < -0.39 is 0 Å². The van der Waals surface area contributed by atoms with Crippen molar-refractivity contribution in [2.45, 2.75) is 6.92 Å². The SMILES string of the molecule is CC(=O)Nc1ccc(N2C(=O)/C(=C/C=C/c3ccccc3)SC2=S)cc1. The summed E-state index contributed by atoms with van der Waals surface area (Å²) >= 11 is 6.63. The predicted molar refractivity (Wildman–Crippen MR) is 112 cm³/mol. The zero-order valence-corrected chi connectivity index (χ0v) is 15.6. The number of carbonyl (C=O) groups is 2. The monoisotopic (exact) mass is 380 g/mol. The van der Waals surface area contributed by atoms with E-state index in [2.05, 4.69) is 5.32 Å². The molecule has 4 nitrogen and oxygen atoms in total. The van der Waals surface area contributed by atoms with Crippen LogP contribution in [-0.4, -0.2) is 16.1 Å². The average molecular weight is 380 g/mol. The highest BCUT2D eigenvalue weighted by molar-refractivity contribution is 8.27. The van der Waals surface area contributed by atoms with Gasteiger partial charge >= 0.3 is 0 Å². The minimum atomic E-state index is -0.148. The summed E-state index contributed by atoms with van der Waals surface area (Å²) in [5, 5.41) is 2.70. The first kappa shape index (κ1) is 18.1. The molecule has 1 N–H and O–H groups in total. The van der Waals surface area contributed by atoms with Crippen molar-refractivity contribution in [3.05, 3.63) is 77.2 Å². The number of hydrogen-bond acceptors (Lipinski definition) is 4. The molecule has 0 spiro atoms. The van der Waals surface area contributed by atoms with Crippen LogP contribution < -0.4 is 10.2 Å². The Morgan fingerprint density at radius 1 is 1.12 bits per heavy atom. The van der Waals surface area contributed by atoms with Crippen molar-refractivity contribution in [3.8, 4) is 0 Å². The van der Waals surface area contributed by atoms with Crippen LogP contribution in [0.2, 0.25) is 0 Å². The third-order valence-electron chi connectivity index (χ3n) is 3.58. The zero-order valence-electron chi connectivity index (χ0n) is 14.0. The van der Waals surface area contributed by atoms with Gasteiger partial charge in [-0.2, -0.15) is 0 Å². The molecular formula is C20H16N2O2S2. The number of anilines is 2. The Morgan fingerprint density at radius 3 is 2.46 bits per heavy atom. The maximum atomic E-state index is 12.7. The van der Waals surface area contributed by atoms with Gasteiger partial charge in [-0.1, -0.05) is 66.5 Å². The lowest BCUT2D eigenvalue weighted by Crippen LogP contribution is -2.27. The lowest BCUT2D eigenvalue weighted by atomic mass is 10.2. The smallest absolute Gasteiger partial charge is 0.270 e. The summed E-state index contributed by atoms with van der Waals surface area (Å²) in [4.78, 5) is 25.8. The van der Waals surface area contributed by atoms with E-state index in [1.165, 1.54) is 23.6 Å². The molecule has 2 aromatic carbocycles. The Labute approximate surface area is 161 Å². The third-order valence-corrected chi connectivity index (χ3v) is 4.90. The average Bonchev–Trinajstić information content (AvgIpc) is 2.90. The Hall–Kier alpha value is -2.70. The van der Waals surface area contributed by atoms with Crippen LogP contribution >= 0.6 is 24.0 Å². The van der Waals surface area contributed by atoms with E-state index in [1.54, 1.807) is 30.3 Å². The number of thioether (sulfide) groups is 1. The Bertz CT molecular complexity index is 903. The van der Waals surface area contributed by atoms with Gasteiger partial charge in [-0.15, -0.1) is 0 Å². The number of benzene rings is 2. The number of allylic oxidation sites excluding steroid dienone is 2. The van der Waals surface area contributed by atoms with Crippen LogP contribution in [0, 0.1) is 0 Å². The van der Waals surface area contributed by atoms with Gasteiger partial charge in [0.2, 0.25) is 5.91 Å². The molecule has 2 aromatic rings. The van der Waals surface area contributed by atoms with E-state index in [1.807, 2.05) is 42.5 Å². The number of amides is 2. The fourth-order valence-electron chi connectivity index (χ4n) is 2.41. The molecule has 1 heterocycles. The largest absolute Gasteiger partial charge is 0.326 e. The van der Waals surface area contributed by atoms with Gasteiger partial charge in [0.15, 0.2) is 4.32 Å². The molecule has 1 fully saturated rings. The van der Waals surface area contributed by atoms with Crippen LogP contribution in [0.4, 0.5) is 11.4 Å². The second kappa shape index (κ2) is 8.12. The number of nitrogens with one attached hydrogen (secondary N) is 1. The van der Waals surface area contributed by atoms with Crippen LogP contribution in [0.25, 0.3) is 6.08 Å². The first-order valence-corrected chi connectivity index (χ1v) is 9.14. The van der Waals surface area contributed by atoms with E-state index in [-0.39, 0.29) is 11.8 Å². The van der Waals surface area contributed by atoms with Gasteiger partial charge in [0.25, 0.3) is 5.91 Å². The first-order chi connectivity index (χ1) is 12.5. The molecule has 2 amide bonds. The molecule has 0 aromatic heterocycles. The van der Waals surface area contributed by atoms with Gasteiger partial charge in [-0.05, 0) is 35.9 Å². The van der Waals surface area contributed by atoms with E-state index in [9.17, 15) is 9.59 Å². The van der Waals surface area contributed by atoms with Gasteiger partial charge < -0.3 is 5.32 Å². The van der Waals surface area contributed by atoms with E-state index >= 15 is 0 Å². The van der Waals surface area contributed by atoms with Crippen LogP contribution in [0.1, 0.15) is 12.5 Å². The molecule has 3 rings (SSSR count). The minimum absolute atomic E-state index is 0.142. The highest BCUT2D eigenvalue weighted by atomic mass is 32.2. The first-order valence-electron chi connectivity index (χ1n) is 7.92. The molecule has 0 radical (unpaired) electrons. The van der Waals surface area contributed by atoms with Gasteiger partial charge in [0.05, 0.1) is 10.6 Å². The third kappa shape index (κ3) is 4.28. The summed E-state index contributed by atoms with van der Waals surface area (Å²) in [6.45, 7) is 1.45. The Morgan fingerprint density at radius 2 is 1.81 bits per heavy atom. The molecule has 6 heteroatoms. The molecule has 1 saturated heterocycles. The maximum Gasteiger partial charge on any atom is 0.270 e. The van der Waals surface area contributed by atoms with Crippen molar-refractivity contribution in [1.82, 2.24) is 0 Å². The Balaban J connectivity index is 1.75. The summed E-state index contributed by atoms with van der Waals surface area (Å²) in [5.41, 5.74) is 2.41. The summed E-state index contributed by atoms with van der Waals surface area (Å²) < 4.78 is 0.488. The number of hydrogen-bond donors (Lipinski definition) is 1. The van der Waals surface area contributed by atoms with Gasteiger partial charge in [-0.3, -0.25) is 14.5 Å². The summed E-state index contributed by atoms with van der Waals surface area (Å²) in [5.74, 6) is -0.290. The second-order valence-corrected chi connectivity index (χ2v) is 7.21. The van der Waals surface area contributed by atoms with Crippen LogP contribution in [0.3, 0.4) is 0 Å². The number of nitrogens with zero attached hydrogens (tertiary/aromatic N) is 1. The van der Waals surface area contributed by atoms with E-state index in [0.29, 0.717) is 20.6 Å². The van der Waals surface area contributed by atoms with Crippen LogP contribution in [0.5, 0.6) is 0 Å². The van der Waals surface area contributed by atoms with Gasteiger partial charge in [-0.25, -0.2) is 0 Å². The fraction of sp³-hybridized carbons (Fsp3) is 0.0500. The number of rotatable bonds is 4. The molecule has 1 aliphatic rings. The Kier molecular flexibility index (Phi) is 5.65. The van der Waals surface area contributed by atoms with Gasteiger partial charge in [0.1, 0.15) is 0 Å².